The number of imidazole rings is 1. The van der Waals surface area contributed by atoms with Crippen LogP contribution < -0.4 is 4.40 Å². The van der Waals surface area contributed by atoms with Crippen molar-refractivity contribution in [3.63, 3.8) is 0 Å². The first-order valence-corrected chi connectivity index (χ1v) is 8.45. The molecule has 0 radical (unpaired) electrons. The van der Waals surface area contributed by atoms with Crippen LogP contribution in [0.25, 0.3) is 22.6 Å². The Morgan fingerprint density at radius 3 is 2.36 bits per heavy atom. The lowest BCUT2D eigenvalue weighted by Crippen LogP contribution is -2.17. The Morgan fingerprint density at radius 1 is 0.960 bits per heavy atom. The molecule has 0 unspecified atom stereocenters. The summed E-state index contributed by atoms with van der Waals surface area (Å²) in [5, 5.41) is 10.9. The molecule has 0 aliphatic heterocycles. The van der Waals surface area contributed by atoms with Crippen LogP contribution in [0.1, 0.15) is 0 Å². The first-order valence-electron chi connectivity index (χ1n) is 7.66. The van der Waals surface area contributed by atoms with Crippen molar-refractivity contribution < 1.29 is 9.32 Å². The predicted molar refractivity (Wildman–Crippen MR) is 98.7 cm³/mol. The van der Waals surface area contributed by atoms with E-state index in [4.69, 9.17) is 0 Å². The average molecular weight is 395 g/mol. The molecule has 5 nitrogen and oxygen atoms in total. The lowest BCUT2D eigenvalue weighted by atomic mass is 10.1. The van der Waals surface area contributed by atoms with Gasteiger partial charge in [-0.1, -0.05) is 22.0 Å². The Bertz CT molecular complexity index is 1070. The average Bonchev–Trinajstić information content (AvgIpc) is 3.02. The van der Waals surface area contributed by atoms with E-state index in [2.05, 4.69) is 26.7 Å². The number of pyridine rings is 1. The van der Waals surface area contributed by atoms with Gasteiger partial charge in [0.1, 0.15) is 11.9 Å². The summed E-state index contributed by atoms with van der Waals surface area (Å²) in [4.78, 5) is 10.5. The number of hydrogen-bond acceptors (Lipinski definition) is 2. The second-order valence-corrected chi connectivity index (χ2v) is 6.51. The van der Waals surface area contributed by atoms with E-state index in [1.807, 2.05) is 53.1 Å². The molecular formula is C19H13BrN3O2+. The molecule has 0 saturated carbocycles. The van der Waals surface area contributed by atoms with Gasteiger partial charge in [0.25, 0.3) is 11.3 Å². The number of rotatable bonds is 3. The molecular weight excluding hydrogens is 382 g/mol. The predicted octanol–water partition coefficient (Wildman–Crippen LogP) is 4.55. The molecule has 4 rings (SSSR count). The number of hydrogen-bond donors (Lipinski definition) is 0. The zero-order valence-corrected chi connectivity index (χ0v) is 14.6. The van der Waals surface area contributed by atoms with Gasteiger partial charge in [0, 0.05) is 28.2 Å². The van der Waals surface area contributed by atoms with E-state index in [1.54, 1.807) is 12.1 Å². The highest BCUT2D eigenvalue weighted by Crippen LogP contribution is 2.27. The van der Waals surface area contributed by atoms with Crippen molar-refractivity contribution in [1.82, 2.24) is 4.57 Å². The zero-order chi connectivity index (χ0) is 17.4. The molecule has 6 heteroatoms. The van der Waals surface area contributed by atoms with Gasteiger partial charge in [-0.3, -0.25) is 10.1 Å². The number of nitrogens with zero attached hydrogens (tertiary/aromatic N) is 3. The van der Waals surface area contributed by atoms with Gasteiger partial charge < -0.3 is 0 Å². The van der Waals surface area contributed by atoms with Crippen LogP contribution in [-0.2, 0) is 0 Å². The molecule has 2 aromatic heterocycles. The molecule has 0 bridgehead atoms. The molecule has 0 saturated heterocycles. The molecule has 25 heavy (non-hydrogen) atoms. The third kappa shape index (κ3) is 2.81. The summed E-state index contributed by atoms with van der Waals surface area (Å²) < 4.78 is 5.15. The SMILES string of the molecule is O=[N+]([O-])c1ccc(-n2c(-c3ccc(Br)cc3)c[n+]3ccccc23)cc1. The van der Waals surface area contributed by atoms with Gasteiger partial charge in [0.15, 0.2) is 5.69 Å². The van der Waals surface area contributed by atoms with Crippen molar-refractivity contribution in [3.05, 3.63) is 93.7 Å². The summed E-state index contributed by atoms with van der Waals surface area (Å²) >= 11 is 3.46. The smallest absolute Gasteiger partial charge is 0.258 e. The number of nitro benzene ring substituents is 1. The van der Waals surface area contributed by atoms with Gasteiger partial charge in [0.2, 0.25) is 0 Å². The van der Waals surface area contributed by atoms with Crippen molar-refractivity contribution in [2.24, 2.45) is 0 Å². The number of aromatic nitrogens is 2. The van der Waals surface area contributed by atoms with E-state index in [0.717, 1.165) is 27.1 Å². The molecule has 0 fully saturated rings. The molecule has 4 aromatic rings. The van der Waals surface area contributed by atoms with Crippen LogP contribution in [-0.4, -0.2) is 9.49 Å². The number of halogens is 1. The van der Waals surface area contributed by atoms with Gasteiger partial charge in [-0.15, -0.1) is 0 Å². The van der Waals surface area contributed by atoms with E-state index < -0.39 is 0 Å². The Kier molecular flexibility index (Phi) is 3.82. The standard InChI is InChI=1S/C19H13BrN3O2/c20-15-6-4-14(5-7-15)18-13-21-12-2-1-3-19(21)22(18)16-8-10-17(11-9-16)23(24)25/h1-13H/q+1. The van der Waals surface area contributed by atoms with Crippen molar-refractivity contribution in [2.75, 3.05) is 0 Å². The maximum Gasteiger partial charge on any atom is 0.291 e. The van der Waals surface area contributed by atoms with E-state index >= 15 is 0 Å². The Labute approximate surface area is 152 Å². The monoisotopic (exact) mass is 394 g/mol. The molecule has 0 amide bonds. The van der Waals surface area contributed by atoms with Gasteiger partial charge in [-0.25, -0.2) is 4.40 Å². The van der Waals surface area contributed by atoms with E-state index in [9.17, 15) is 10.1 Å². The maximum atomic E-state index is 10.9. The van der Waals surface area contributed by atoms with Crippen molar-refractivity contribution in [2.45, 2.75) is 0 Å². The molecule has 0 aliphatic rings. The molecule has 0 atom stereocenters. The van der Waals surface area contributed by atoms with E-state index in [0.29, 0.717) is 0 Å². The maximum absolute atomic E-state index is 10.9. The lowest BCUT2D eigenvalue weighted by Gasteiger charge is -2.03. The fourth-order valence-corrected chi connectivity index (χ4v) is 3.14. The number of benzene rings is 2. The topological polar surface area (TPSA) is 52.2 Å². The summed E-state index contributed by atoms with van der Waals surface area (Å²) in [6, 6.07) is 20.6. The second kappa shape index (κ2) is 6.14. The Morgan fingerprint density at radius 2 is 1.68 bits per heavy atom. The molecule has 0 spiro atoms. The van der Waals surface area contributed by atoms with Crippen molar-refractivity contribution in [1.29, 1.82) is 0 Å². The minimum atomic E-state index is -0.387. The third-order valence-electron chi connectivity index (χ3n) is 4.06. The van der Waals surface area contributed by atoms with Crippen LogP contribution in [0.2, 0.25) is 0 Å². The van der Waals surface area contributed by atoms with Gasteiger partial charge in [-0.2, -0.15) is 4.57 Å². The number of nitro groups is 1. The van der Waals surface area contributed by atoms with E-state index in [-0.39, 0.29) is 10.6 Å². The van der Waals surface area contributed by atoms with Crippen LogP contribution in [0.15, 0.2) is 83.6 Å². The summed E-state index contributed by atoms with van der Waals surface area (Å²) in [7, 11) is 0. The lowest BCUT2D eigenvalue weighted by molar-refractivity contribution is -0.510. The van der Waals surface area contributed by atoms with Crippen LogP contribution in [0.4, 0.5) is 5.69 Å². The van der Waals surface area contributed by atoms with Gasteiger partial charge in [0.05, 0.1) is 11.1 Å². The summed E-state index contributed by atoms with van der Waals surface area (Å²) in [6.07, 6.45) is 4.04. The number of non-ortho nitro benzene ring substituents is 1. The van der Waals surface area contributed by atoms with Crippen LogP contribution >= 0.6 is 15.9 Å². The highest BCUT2D eigenvalue weighted by atomic mass is 79.9. The largest absolute Gasteiger partial charge is 0.291 e. The fraction of sp³-hybridized carbons (Fsp3) is 0. The number of fused-ring (bicyclic) bond motifs is 1. The molecule has 0 aliphatic carbocycles. The van der Waals surface area contributed by atoms with E-state index in [1.165, 1.54) is 12.1 Å². The Balaban J connectivity index is 1.96. The minimum Gasteiger partial charge on any atom is -0.258 e. The zero-order valence-electron chi connectivity index (χ0n) is 13.0. The summed E-state index contributed by atoms with van der Waals surface area (Å²) in [5.41, 5.74) is 4.00. The summed E-state index contributed by atoms with van der Waals surface area (Å²) in [6.45, 7) is 0. The molecule has 2 aromatic carbocycles. The van der Waals surface area contributed by atoms with Gasteiger partial charge >= 0.3 is 0 Å². The fourth-order valence-electron chi connectivity index (χ4n) is 2.88. The molecule has 2 heterocycles. The highest BCUT2D eigenvalue weighted by molar-refractivity contribution is 9.10. The van der Waals surface area contributed by atoms with Crippen LogP contribution in [0, 0.1) is 10.1 Å². The third-order valence-corrected chi connectivity index (χ3v) is 4.59. The van der Waals surface area contributed by atoms with Gasteiger partial charge in [-0.05, 0) is 42.5 Å². The highest BCUT2D eigenvalue weighted by Gasteiger charge is 2.21. The van der Waals surface area contributed by atoms with Crippen molar-refractivity contribution >= 4 is 27.3 Å². The van der Waals surface area contributed by atoms with Crippen LogP contribution in [0.5, 0.6) is 0 Å². The molecule has 122 valence electrons. The first kappa shape index (κ1) is 15.5. The second-order valence-electron chi connectivity index (χ2n) is 5.60. The molecule has 0 N–H and O–H groups in total. The van der Waals surface area contributed by atoms with Crippen LogP contribution in [0.3, 0.4) is 0 Å². The minimum absolute atomic E-state index is 0.0815. The summed E-state index contributed by atoms with van der Waals surface area (Å²) in [5.74, 6) is 0. The van der Waals surface area contributed by atoms with Crippen molar-refractivity contribution in [3.8, 4) is 16.9 Å². The Hall–Kier alpha value is -2.99. The first-order chi connectivity index (χ1) is 12.1. The normalized spacial score (nSPS) is 10.9. The quantitative estimate of drug-likeness (QED) is 0.290.